The molecule has 3 aromatic rings. The van der Waals surface area contributed by atoms with Crippen LogP contribution in [0.15, 0.2) is 35.4 Å². The van der Waals surface area contributed by atoms with Crippen LogP contribution in [0.3, 0.4) is 0 Å². The number of benzene rings is 1. The number of para-hydroxylation sites is 1. The summed E-state index contributed by atoms with van der Waals surface area (Å²) in [6.45, 7) is 6.07. The van der Waals surface area contributed by atoms with Gasteiger partial charge in [-0.2, -0.15) is 0 Å². The number of nitrogens with one attached hydrogen (secondary N) is 1. The summed E-state index contributed by atoms with van der Waals surface area (Å²) >= 11 is 1.26. The van der Waals surface area contributed by atoms with Crippen molar-refractivity contribution in [3.8, 4) is 0 Å². The number of carbonyl (C=O) groups excluding carboxylic acids is 1. The molecule has 0 fully saturated rings. The fourth-order valence-electron chi connectivity index (χ4n) is 2.86. The van der Waals surface area contributed by atoms with Gasteiger partial charge in [-0.3, -0.25) is 9.59 Å². The Morgan fingerprint density at radius 1 is 1.36 bits per heavy atom. The Labute approximate surface area is 150 Å². The maximum Gasteiger partial charge on any atom is 0.266 e. The number of carbonyl (C=O) groups is 1. The summed E-state index contributed by atoms with van der Waals surface area (Å²) in [5.41, 5.74) is 2.50. The average Bonchev–Trinajstić information content (AvgIpc) is 2.95. The van der Waals surface area contributed by atoms with Crippen molar-refractivity contribution in [3.63, 3.8) is 0 Å². The number of aryl methyl sites for hydroxylation is 2. The Balaban J connectivity index is 2.01. The van der Waals surface area contributed by atoms with E-state index in [1.54, 1.807) is 14.0 Å². The highest BCUT2D eigenvalue weighted by molar-refractivity contribution is 7.20. The van der Waals surface area contributed by atoms with Crippen LogP contribution >= 0.6 is 11.3 Å². The van der Waals surface area contributed by atoms with Crippen LogP contribution in [0.4, 0.5) is 5.69 Å². The van der Waals surface area contributed by atoms with Crippen LogP contribution in [0.1, 0.15) is 47.0 Å². The van der Waals surface area contributed by atoms with Gasteiger partial charge in [0.1, 0.15) is 4.83 Å². The van der Waals surface area contributed by atoms with Crippen LogP contribution in [0, 0.1) is 6.92 Å². The SMILES string of the molecule is CCC(C)c1ccccc1NC(=O)c1sc2ncn(C)c(=O)c2c1C. The standard InChI is InChI=1S/C19H21N3O2S/c1-5-11(2)13-8-6-7-9-14(13)21-17(23)16-12(3)15-18(25-16)20-10-22(4)19(15)24/h6-11H,5H2,1-4H3,(H,21,23). The second kappa shape index (κ2) is 6.80. The molecule has 0 saturated heterocycles. The van der Waals surface area contributed by atoms with E-state index >= 15 is 0 Å². The molecule has 0 radical (unpaired) electrons. The van der Waals surface area contributed by atoms with Crippen molar-refractivity contribution in [3.05, 3.63) is 57.0 Å². The summed E-state index contributed by atoms with van der Waals surface area (Å²) < 4.78 is 1.43. The Morgan fingerprint density at radius 3 is 2.80 bits per heavy atom. The molecule has 5 nitrogen and oxygen atoms in total. The van der Waals surface area contributed by atoms with Crippen LogP contribution in [0.2, 0.25) is 0 Å². The summed E-state index contributed by atoms with van der Waals surface area (Å²) in [7, 11) is 1.66. The molecule has 3 rings (SSSR count). The van der Waals surface area contributed by atoms with E-state index in [1.807, 2.05) is 24.3 Å². The number of thiophene rings is 1. The molecule has 1 unspecified atom stereocenters. The Kier molecular flexibility index (Phi) is 4.72. The van der Waals surface area contributed by atoms with E-state index in [0.717, 1.165) is 17.7 Å². The lowest BCUT2D eigenvalue weighted by molar-refractivity contribution is 0.103. The third kappa shape index (κ3) is 3.09. The lowest BCUT2D eigenvalue weighted by atomic mass is 9.97. The Morgan fingerprint density at radius 2 is 2.08 bits per heavy atom. The maximum atomic E-state index is 12.8. The van der Waals surface area contributed by atoms with Crippen LogP contribution < -0.4 is 10.9 Å². The van der Waals surface area contributed by atoms with E-state index in [1.165, 1.54) is 22.2 Å². The first kappa shape index (κ1) is 17.4. The molecule has 25 heavy (non-hydrogen) atoms. The average molecular weight is 355 g/mol. The molecule has 0 aliphatic carbocycles. The first-order valence-electron chi connectivity index (χ1n) is 8.29. The summed E-state index contributed by atoms with van der Waals surface area (Å²) in [6.07, 6.45) is 2.48. The zero-order chi connectivity index (χ0) is 18.1. The van der Waals surface area contributed by atoms with Crippen molar-refractivity contribution in [2.75, 3.05) is 5.32 Å². The third-order valence-electron chi connectivity index (χ3n) is 4.57. The number of nitrogens with zero attached hydrogens (tertiary/aromatic N) is 2. The molecular weight excluding hydrogens is 334 g/mol. The minimum absolute atomic E-state index is 0.127. The number of rotatable bonds is 4. The molecule has 2 heterocycles. The van der Waals surface area contributed by atoms with Crippen molar-refractivity contribution in [1.82, 2.24) is 9.55 Å². The number of fused-ring (bicyclic) bond motifs is 1. The quantitative estimate of drug-likeness (QED) is 0.767. The van der Waals surface area contributed by atoms with Crippen molar-refractivity contribution >= 4 is 33.1 Å². The predicted octanol–water partition coefficient (Wildman–Crippen LogP) is 4.07. The molecule has 1 atom stereocenters. The fraction of sp³-hybridized carbons (Fsp3) is 0.316. The first-order chi connectivity index (χ1) is 11.9. The molecule has 130 valence electrons. The second-order valence-electron chi connectivity index (χ2n) is 6.25. The molecule has 2 aromatic heterocycles. The third-order valence-corrected chi connectivity index (χ3v) is 5.77. The zero-order valence-corrected chi connectivity index (χ0v) is 15.6. The van der Waals surface area contributed by atoms with Gasteiger partial charge >= 0.3 is 0 Å². The molecule has 1 N–H and O–H groups in total. The van der Waals surface area contributed by atoms with Gasteiger partial charge in [0.15, 0.2) is 0 Å². The molecule has 0 saturated carbocycles. The van der Waals surface area contributed by atoms with Crippen LogP contribution in [-0.2, 0) is 7.05 Å². The number of hydrogen-bond donors (Lipinski definition) is 1. The van der Waals surface area contributed by atoms with Gasteiger partial charge in [0.05, 0.1) is 16.6 Å². The highest BCUT2D eigenvalue weighted by atomic mass is 32.1. The van der Waals surface area contributed by atoms with Gasteiger partial charge in [-0.25, -0.2) is 4.98 Å². The predicted molar refractivity (Wildman–Crippen MR) is 103 cm³/mol. The van der Waals surface area contributed by atoms with E-state index < -0.39 is 0 Å². The number of amides is 1. The van der Waals surface area contributed by atoms with Gasteiger partial charge in [0, 0.05) is 12.7 Å². The lowest BCUT2D eigenvalue weighted by Gasteiger charge is -2.15. The molecule has 6 heteroatoms. The zero-order valence-electron chi connectivity index (χ0n) is 14.8. The molecule has 0 bridgehead atoms. The topological polar surface area (TPSA) is 64.0 Å². The van der Waals surface area contributed by atoms with E-state index in [0.29, 0.717) is 26.6 Å². The second-order valence-corrected chi connectivity index (χ2v) is 7.25. The minimum atomic E-state index is -0.196. The Hall–Kier alpha value is -2.47. The molecule has 0 aliphatic heterocycles. The van der Waals surface area contributed by atoms with Gasteiger partial charge in [0.2, 0.25) is 0 Å². The van der Waals surface area contributed by atoms with Crippen molar-refractivity contribution in [2.24, 2.45) is 7.05 Å². The highest BCUT2D eigenvalue weighted by Gasteiger charge is 2.20. The summed E-state index contributed by atoms with van der Waals surface area (Å²) in [5, 5.41) is 3.54. The monoisotopic (exact) mass is 355 g/mol. The van der Waals surface area contributed by atoms with Gasteiger partial charge in [-0.15, -0.1) is 11.3 Å². The van der Waals surface area contributed by atoms with E-state index in [-0.39, 0.29) is 11.5 Å². The van der Waals surface area contributed by atoms with Gasteiger partial charge in [0.25, 0.3) is 11.5 Å². The normalized spacial score (nSPS) is 12.3. The van der Waals surface area contributed by atoms with Crippen molar-refractivity contribution in [1.29, 1.82) is 0 Å². The molecule has 1 aromatic carbocycles. The largest absolute Gasteiger partial charge is 0.321 e. The van der Waals surface area contributed by atoms with Gasteiger partial charge in [-0.05, 0) is 36.5 Å². The minimum Gasteiger partial charge on any atom is -0.321 e. The van der Waals surface area contributed by atoms with Crippen LogP contribution in [0.5, 0.6) is 0 Å². The molecule has 0 aliphatic rings. The van der Waals surface area contributed by atoms with E-state index in [2.05, 4.69) is 24.1 Å². The van der Waals surface area contributed by atoms with Crippen LogP contribution in [-0.4, -0.2) is 15.5 Å². The fourth-order valence-corrected chi connectivity index (χ4v) is 3.90. The maximum absolute atomic E-state index is 12.8. The lowest BCUT2D eigenvalue weighted by Crippen LogP contribution is -2.17. The van der Waals surface area contributed by atoms with Crippen LogP contribution in [0.25, 0.3) is 10.2 Å². The van der Waals surface area contributed by atoms with E-state index in [4.69, 9.17) is 0 Å². The van der Waals surface area contributed by atoms with Crippen molar-refractivity contribution in [2.45, 2.75) is 33.1 Å². The molecule has 0 spiro atoms. The first-order valence-corrected chi connectivity index (χ1v) is 9.10. The molecule has 1 amide bonds. The van der Waals surface area contributed by atoms with E-state index in [9.17, 15) is 9.59 Å². The highest BCUT2D eigenvalue weighted by Crippen LogP contribution is 2.30. The van der Waals surface area contributed by atoms with Gasteiger partial charge in [-0.1, -0.05) is 32.0 Å². The smallest absolute Gasteiger partial charge is 0.266 e. The number of aromatic nitrogens is 2. The summed E-state index contributed by atoms with van der Waals surface area (Å²) in [5.74, 6) is 0.160. The number of hydrogen-bond acceptors (Lipinski definition) is 4. The van der Waals surface area contributed by atoms with Gasteiger partial charge < -0.3 is 9.88 Å². The summed E-state index contributed by atoms with van der Waals surface area (Å²) in [6, 6.07) is 7.85. The van der Waals surface area contributed by atoms with Crippen molar-refractivity contribution < 1.29 is 4.79 Å². The number of anilines is 1. The summed E-state index contributed by atoms with van der Waals surface area (Å²) in [4.78, 5) is 30.6. The Bertz CT molecular complexity index is 1000. The molecular formula is C19H21N3O2S.